The first-order valence-electron chi connectivity index (χ1n) is 10.8. The van der Waals surface area contributed by atoms with Crippen molar-refractivity contribution >= 4 is 29.0 Å². The van der Waals surface area contributed by atoms with Gasteiger partial charge in [0.1, 0.15) is 6.10 Å². The molecule has 0 bridgehead atoms. The number of halogens is 1. The maximum atomic E-state index is 13.3. The predicted octanol–water partition coefficient (Wildman–Crippen LogP) is 5.09. The van der Waals surface area contributed by atoms with Crippen LogP contribution in [0.25, 0.3) is 0 Å². The van der Waals surface area contributed by atoms with Crippen LogP contribution in [0.3, 0.4) is 0 Å². The molecule has 1 fully saturated rings. The highest BCUT2D eigenvalue weighted by Gasteiger charge is 2.41. The second-order valence-electron chi connectivity index (χ2n) is 8.39. The number of nitro benzene ring substituents is 1. The highest BCUT2D eigenvalue weighted by atomic mass is 35.5. The molecule has 8 heteroatoms. The van der Waals surface area contributed by atoms with E-state index in [1.807, 2.05) is 0 Å². The van der Waals surface area contributed by atoms with Crippen molar-refractivity contribution in [3.63, 3.8) is 0 Å². The predicted molar refractivity (Wildman–Crippen MR) is 116 cm³/mol. The van der Waals surface area contributed by atoms with Crippen molar-refractivity contribution < 1.29 is 19.2 Å². The van der Waals surface area contributed by atoms with Gasteiger partial charge in [0.25, 0.3) is 5.69 Å². The number of dihydropyridines is 1. The average Bonchev–Trinajstić information content (AvgIpc) is 2.74. The first-order valence-corrected chi connectivity index (χ1v) is 11.1. The zero-order valence-corrected chi connectivity index (χ0v) is 18.2. The van der Waals surface area contributed by atoms with Gasteiger partial charge >= 0.3 is 5.97 Å². The van der Waals surface area contributed by atoms with Crippen molar-refractivity contribution in [2.24, 2.45) is 0 Å². The Bertz CT molecular complexity index is 1010. The molecule has 1 saturated carbocycles. The van der Waals surface area contributed by atoms with Crippen molar-refractivity contribution in [2.75, 3.05) is 0 Å². The van der Waals surface area contributed by atoms with Gasteiger partial charge in [-0.25, -0.2) is 4.79 Å². The van der Waals surface area contributed by atoms with Crippen molar-refractivity contribution in [1.82, 2.24) is 5.32 Å². The van der Waals surface area contributed by atoms with Crippen LogP contribution in [0.2, 0.25) is 5.02 Å². The molecule has 1 aliphatic heterocycles. The lowest BCUT2D eigenvalue weighted by Gasteiger charge is -2.35. The third-order valence-electron chi connectivity index (χ3n) is 6.32. The van der Waals surface area contributed by atoms with E-state index < -0.39 is 16.8 Å². The van der Waals surface area contributed by atoms with Gasteiger partial charge in [-0.1, -0.05) is 18.0 Å². The molecule has 0 spiro atoms. The van der Waals surface area contributed by atoms with E-state index in [4.69, 9.17) is 16.3 Å². The molecule has 7 nitrogen and oxygen atoms in total. The van der Waals surface area contributed by atoms with Gasteiger partial charge in [-0.3, -0.25) is 14.9 Å². The van der Waals surface area contributed by atoms with E-state index in [0.29, 0.717) is 35.2 Å². The van der Waals surface area contributed by atoms with Crippen LogP contribution >= 0.6 is 11.6 Å². The molecule has 1 aromatic carbocycles. The zero-order chi connectivity index (χ0) is 22.1. The summed E-state index contributed by atoms with van der Waals surface area (Å²) in [4.78, 5) is 37.2. The third-order valence-corrected chi connectivity index (χ3v) is 6.67. The van der Waals surface area contributed by atoms with E-state index in [0.717, 1.165) is 44.2 Å². The largest absolute Gasteiger partial charge is 0.459 e. The Labute approximate surface area is 185 Å². The van der Waals surface area contributed by atoms with E-state index in [9.17, 15) is 19.7 Å². The molecule has 1 heterocycles. The van der Waals surface area contributed by atoms with Crippen molar-refractivity contribution in [3.8, 4) is 0 Å². The standard InChI is InChI=1S/C23H25ClN2O5/c1-13-20(23(28)31-15-6-3-2-4-7-15)21(22-18(25-13)8-5-9-19(22)27)16-12-14(26(29)30)10-11-17(16)24/h10-12,15,21,25H,2-9H2,1H3/t21-/m1/s1. The molecule has 1 atom stereocenters. The summed E-state index contributed by atoms with van der Waals surface area (Å²) in [7, 11) is 0. The Morgan fingerprint density at radius 1 is 1.19 bits per heavy atom. The monoisotopic (exact) mass is 444 g/mol. The molecule has 1 N–H and O–H groups in total. The smallest absolute Gasteiger partial charge is 0.337 e. The number of carbonyl (C=O) groups is 2. The second-order valence-corrected chi connectivity index (χ2v) is 8.80. The number of hydrogen-bond acceptors (Lipinski definition) is 6. The third kappa shape index (κ3) is 4.24. The summed E-state index contributed by atoms with van der Waals surface area (Å²) in [5.41, 5.74) is 2.38. The van der Waals surface area contributed by atoms with E-state index in [1.165, 1.54) is 18.2 Å². The highest BCUT2D eigenvalue weighted by molar-refractivity contribution is 6.31. The number of Topliss-reactive ketones (excluding diaryl/α,β-unsaturated/α-hetero) is 1. The summed E-state index contributed by atoms with van der Waals surface area (Å²) in [6.07, 6.45) is 6.41. The van der Waals surface area contributed by atoms with Crippen LogP contribution in [0.4, 0.5) is 5.69 Å². The van der Waals surface area contributed by atoms with Crippen molar-refractivity contribution in [3.05, 3.63) is 61.4 Å². The van der Waals surface area contributed by atoms with E-state index >= 15 is 0 Å². The number of nitrogens with zero attached hydrogens (tertiary/aromatic N) is 1. The van der Waals surface area contributed by atoms with Crippen LogP contribution in [0.5, 0.6) is 0 Å². The van der Waals surface area contributed by atoms with Gasteiger partial charge in [-0.15, -0.1) is 0 Å². The van der Waals surface area contributed by atoms with Crippen LogP contribution in [-0.4, -0.2) is 22.8 Å². The quantitative estimate of drug-likeness (QED) is 0.394. The number of hydrogen-bond donors (Lipinski definition) is 1. The normalized spacial score (nSPS) is 22.1. The number of rotatable bonds is 4. The highest BCUT2D eigenvalue weighted by Crippen LogP contribution is 2.45. The van der Waals surface area contributed by atoms with Gasteiger partial charge in [0.05, 0.1) is 10.5 Å². The summed E-state index contributed by atoms with van der Waals surface area (Å²) < 4.78 is 5.84. The fourth-order valence-corrected chi connectivity index (χ4v) is 5.06. The van der Waals surface area contributed by atoms with Crippen LogP contribution in [0, 0.1) is 10.1 Å². The molecule has 4 rings (SSSR count). The van der Waals surface area contributed by atoms with Gasteiger partial charge in [0.15, 0.2) is 5.78 Å². The number of non-ortho nitro benzene ring substituents is 1. The maximum absolute atomic E-state index is 13.3. The lowest BCUT2D eigenvalue weighted by Crippen LogP contribution is -2.35. The molecule has 0 aromatic heterocycles. The van der Waals surface area contributed by atoms with Gasteiger partial charge in [-0.05, 0) is 57.1 Å². The number of esters is 1. The summed E-state index contributed by atoms with van der Waals surface area (Å²) >= 11 is 6.47. The molecule has 0 saturated heterocycles. The van der Waals surface area contributed by atoms with Crippen LogP contribution in [0.15, 0.2) is 40.7 Å². The molecule has 1 aromatic rings. The number of ether oxygens (including phenoxy) is 1. The van der Waals surface area contributed by atoms with Crippen molar-refractivity contribution in [2.45, 2.75) is 70.3 Å². The molecule has 0 unspecified atom stereocenters. The second kappa shape index (κ2) is 8.83. The Hall–Kier alpha value is -2.67. The Balaban J connectivity index is 1.81. The fraction of sp³-hybridized carbons (Fsp3) is 0.478. The average molecular weight is 445 g/mol. The fourth-order valence-electron chi connectivity index (χ4n) is 4.83. The van der Waals surface area contributed by atoms with Crippen molar-refractivity contribution in [1.29, 1.82) is 0 Å². The molecule has 2 aliphatic carbocycles. The lowest BCUT2D eigenvalue weighted by molar-refractivity contribution is -0.384. The number of benzene rings is 1. The molecule has 0 amide bonds. The summed E-state index contributed by atoms with van der Waals surface area (Å²) in [6.45, 7) is 1.78. The topological polar surface area (TPSA) is 98.5 Å². The number of carbonyl (C=O) groups excluding carboxylic acids is 2. The Morgan fingerprint density at radius 2 is 1.94 bits per heavy atom. The molecular formula is C23H25ClN2O5. The number of ketones is 1. The summed E-state index contributed by atoms with van der Waals surface area (Å²) in [5, 5.41) is 14.9. The minimum Gasteiger partial charge on any atom is -0.459 e. The number of nitro groups is 1. The first kappa shape index (κ1) is 21.6. The minimum absolute atomic E-state index is 0.0724. The number of nitrogens with one attached hydrogen (secondary N) is 1. The molecule has 31 heavy (non-hydrogen) atoms. The Kier molecular flexibility index (Phi) is 6.14. The first-order chi connectivity index (χ1) is 14.9. The van der Waals surface area contributed by atoms with Gasteiger partial charge < -0.3 is 10.1 Å². The maximum Gasteiger partial charge on any atom is 0.337 e. The summed E-state index contributed by atoms with van der Waals surface area (Å²) in [6, 6.07) is 4.14. The zero-order valence-electron chi connectivity index (χ0n) is 17.4. The molecule has 3 aliphatic rings. The van der Waals surface area contributed by atoms with E-state index in [1.54, 1.807) is 6.92 Å². The minimum atomic E-state index is -0.785. The Morgan fingerprint density at radius 3 is 2.65 bits per heavy atom. The molecule has 164 valence electrons. The van der Waals surface area contributed by atoms with E-state index in [-0.39, 0.29) is 22.6 Å². The lowest BCUT2D eigenvalue weighted by atomic mass is 9.75. The van der Waals surface area contributed by atoms with Crippen LogP contribution in [0.1, 0.15) is 69.8 Å². The molecular weight excluding hydrogens is 420 g/mol. The van der Waals surface area contributed by atoms with Crippen LogP contribution < -0.4 is 5.32 Å². The van der Waals surface area contributed by atoms with Gasteiger partial charge in [0.2, 0.25) is 0 Å². The molecule has 0 radical (unpaired) electrons. The summed E-state index contributed by atoms with van der Waals surface area (Å²) in [5.74, 6) is -1.35. The van der Waals surface area contributed by atoms with Crippen LogP contribution in [-0.2, 0) is 14.3 Å². The van der Waals surface area contributed by atoms with Gasteiger partial charge in [-0.2, -0.15) is 0 Å². The number of allylic oxidation sites excluding steroid dienone is 3. The van der Waals surface area contributed by atoms with E-state index in [2.05, 4.69) is 5.32 Å². The SMILES string of the molecule is CC1=C(C(=O)OC2CCCCC2)[C@@H](c2cc([N+](=O)[O-])ccc2Cl)C2=C(CCCC2=O)N1. The van der Waals surface area contributed by atoms with Gasteiger partial charge in [0, 0.05) is 46.5 Å².